The van der Waals surface area contributed by atoms with Crippen molar-refractivity contribution in [2.75, 3.05) is 46.2 Å². The number of carbonyl (C=O) groups excluding carboxylic acids is 3. The lowest BCUT2D eigenvalue weighted by molar-refractivity contribution is -0.143. The fraction of sp³-hybridized carbons (Fsp3) is 0.333. The van der Waals surface area contributed by atoms with Crippen LogP contribution in [-0.4, -0.2) is 117 Å². The second-order valence-corrected chi connectivity index (χ2v) is 18.0. The van der Waals surface area contributed by atoms with E-state index in [9.17, 15) is 19.5 Å². The van der Waals surface area contributed by atoms with Gasteiger partial charge in [0, 0.05) is 89.2 Å². The normalized spacial score (nSPS) is 16.3. The number of H-pyrrole nitrogens is 1. The van der Waals surface area contributed by atoms with Gasteiger partial charge in [-0.25, -0.2) is 9.97 Å². The summed E-state index contributed by atoms with van der Waals surface area (Å²) in [5.74, 6) is -0.0959. The number of nitrogens with zero attached hydrogens (tertiary/aromatic N) is 5. The highest BCUT2D eigenvalue weighted by Gasteiger charge is 2.45. The fourth-order valence-corrected chi connectivity index (χ4v) is 9.71. The summed E-state index contributed by atoms with van der Waals surface area (Å²) < 4.78 is 23.6. The number of pyridine rings is 2. The second kappa shape index (κ2) is 20.4. The molecule has 3 atom stereocenters. The number of amides is 3. The highest BCUT2D eigenvalue weighted by Crippen LogP contribution is 2.34. The molecule has 1 saturated heterocycles. The molecule has 2 aliphatic rings. The van der Waals surface area contributed by atoms with Crippen LogP contribution >= 0.6 is 11.3 Å². The van der Waals surface area contributed by atoms with E-state index in [2.05, 4.69) is 43.5 Å². The summed E-state index contributed by atoms with van der Waals surface area (Å²) in [5.41, 5.74) is 9.94. The monoisotopic (exact) mass is 923 g/mol. The number of benzene rings is 3. The SMILES string of the molecule is Cc1ncsc1-c1ccc(CNC(=O)[C@@H]2C[C@@H](O)CN2C(=O)C(C(C)C)N2Cc3ccccc3C2=O)c(OCCOCCOCCOc2ccc(-c3ccc4c(c3)[nH]c3ccncc34)cn2)c1. The third-order valence-corrected chi connectivity index (χ3v) is 13.2. The van der Waals surface area contributed by atoms with Crippen LogP contribution < -0.4 is 14.8 Å². The van der Waals surface area contributed by atoms with E-state index >= 15 is 0 Å². The summed E-state index contributed by atoms with van der Waals surface area (Å²) >= 11 is 1.53. The zero-order valence-electron chi connectivity index (χ0n) is 37.6. The van der Waals surface area contributed by atoms with Crippen molar-refractivity contribution in [1.29, 1.82) is 0 Å². The zero-order valence-corrected chi connectivity index (χ0v) is 38.5. The number of β-amino-alcohol motifs (C(OH)–C–C–N with tert-alkyl or cyclic N) is 1. The third kappa shape index (κ3) is 10.0. The number of aromatic amines is 1. The Kier molecular flexibility index (Phi) is 13.9. The molecule has 2 aliphatic heterocycles. The molecule has 9 rings (SSSR count). The standard InChI is InChI=1S/C51H53N7O8S/c1-31(2)47(58-28-37-6-4-5-7-39(37)50(58)61)51(62)57-29-38(59)24-44(57)49(60)54-26-36-9-8-34(48-32(3)55-30-67-48)23-45(36)65-20-18-63-16-17-64-19-21-66-46-13-11-35(25-53-46)33-10-12-40-41-27-52-15-14-42(41)56-43(40)22-33/h4-15,22-23,25,27,30-31,38,44,47,56,59H,16-21,24,26,28-29H2,1-3H3,(H,54,60)/t38-,44+,47?/m1/s1. The number of hydrogen-bond acceptors (Lipinski definition) is 12. The summed E-state index contributed by atoms with van der Waals surface area (Å²) in [6.07, 6.45) is 4.67. The van der Waals surface area contributed by atoms with Crippen molar-refractivity contribution in [2.24, 2.45) is 5.92 Å². The maximum atomic E-state index is 14.2. The third-order valence-electron chi connectivity index (χ3n) is 12.3. The van der Waals surface area contributed by atoms with E-state index in [1.54, 1.807) is 28.9 Å². The first-order chi connectivity index (χ1) is 32.6. The maximum absolute atomic E-state index is 14.2. The van der Waals surface area contributed by atoms with Crippen LogP contribution in [0.2, 0.25) is 0 Å². The van der Waals surface area contributed by atoms with E-state index in [1.165, 1.54) is 16.2 Å². The van der Waals surface area contributed by atoms with Gasteiger partial charge in [0.25, 0.3) is 5.91 Å². The second-order valence-electron chi connectivity index (χ2n) is 17.1. The average Bonchev–Trinajstić information content (AvgIpc) is 4.13. The first-order valence-electron chi connectivity index (χ1n) is 22.5. The van der Waals surface area contributed by atoms with Crippen LogP contribution in [0.5, 0.6) is 11.6 Å². The molecule has 0 aliphatic carbocycles. The Bertz CT molecular complexity index is 2880. The number of hydrogen-bond donors (Lipinski definition) is 3. The molecule has 15 nitrogen and oxygen atoms in total. The highest BCUT2D eigenvalue weighted by atomic mass is 32.1. The Morgan fingerprint density at radius 2 is 1.64 bits per heavy atom. The van der Waals surface area contributed by atoms with Gasteiger partial charge in [-0.1, -0.05) is 56.3 Å². The molecule has 1 fully saturated rings. The van der Waals surface area contributed by atoms with Crippen LogP contribution in [0.15, 0.2) is 103 Å². The smallest absolute Gasteiger partial charge is 0.255 e. The van der Waals surface area contributed by atoms with E-state index in [0.717, 1.165) is 60.2 Å². The Labute approximate surface area is 392 Å². The van der Waals surface area contributed by atoms with Gasteiger partial charge >= 0.3 is 0 Å². The number of aryl methyl sites for hydroxylation is 1. The molecule has 67 heavy (non-hydrogen) atoms. The summed E-state index contributed by atoms with van der Waals surface area (Å²) in [5, 5.41) is 16.0. The van der Waals surface area contributed by atoms with Crippen LogP contribution in [0.1, 0.15) is 47.4 Å². The Balaban J connectivity index is 0.736. The van der Waals surface area contributed by atoms with Gasteiger partial charge in [-0.3, -0.25) is 19.4 Å². The van der Waals surface area contributed by atoms with Gasteiger partial charge < -0.3 is 44.2 Å². The maximum Gasteiger partial charge on any atom is 0.255 e. The molecule has 6 heterocycles. The minimum Gasteiger partial charge on any atom is -0.491 e. The minimum atomic E-state index is -0.907. The molecular weight excluding hydrogens is 871 g/mol. The highest BCUT2D eigenvalue weighted by molar-refractivity contribution is 7.13. The number of aromatic nitrogens is 4. The minimum absolute atomic E-state index is 0.00201. The fourth-order valence-electron chi connectivity index (χ4n) is 8.91. The van der Waals surface area contributed by atoms with Gasteiger partial charge in [-0.05, 0) is 59.9 Å². The van der Waals surface area contributed by atoms with Gasteiger partial charge in [0.1, 0.15) is 31.0 Å². The van der Waals surface area contributed by atoms with Crippen molar-refractivity contribution in [3.8, 4) is 33.2 Å². The Hall–Kier alpha value is -6.72. The van der Waals surface area contributed by atoms with Gasteiger partial charge in [0.15, 0.2) is 0 Å². The van der Waals surface area contributed by atoms with Crippen molar-refractivity contribution < 1.29 is 38.4 Å². The molecule has 1 unspecified atom stereocenters. The number of fused-ring (bicyclic) bond motifs is 4. The Morgan fingerprint density at radius 1 is 0.866 bits per heavy atom. The molecule has 3 aromatic carbocycles. The lowest BCUT2D eigenvalue weighted by atomic mass is 10.0. The van der Waals surface area contributed by atoms with Gasteiger partial charge in [-0.15, -0.1) is 11.3 Å². The van der Waals surface area contributed by atoms with Crippen molar-refractivity contribution in [2.45, 2.75) is 58.5 Å². The van der Waals surface area contributed by atoms with Crippen LogP contribution in [0, 0.1) is 12.8 Å². The van der Waals surface area contributed by atoms with Gasteiger partial charge in [0.05, 0.1) is 48.6 Å². The molecule has 3 amide bonds. The summed E-state index contributed by atoms with van der Waals surface area (Å²) in [7, 11) is 0. The first-order valence-corrected chi connectivity index (χ1v) is 23.4. The topological polar surface area (TPSA) is 181 Å². The number of aliphatic hydroxyl groups excluding tert-OH is 1. The summed E-state index contributed by atoms with van der Waals surface area (Å²) in [6, 6.07) is 23.6. The first kappa shape index (κ1) is 45.4. The molecule has 0 saturated carbocycles. The molecular formula is C51H53N7O8S. The summed E-state index contributed by atoms with van der Waals surface area (Å²) in [6.45, 7) is 8.14. The molecule has 346 valence electrons. The van der Waals surface area contributed by atoms with Crippen LogP contribution in [-0.2, 0) is 32.2 Å². The van der Waals surface area contributed by atoms with Crippen LogP contribution in [0.4, 0.5) is 0 Å². The molecule has 3 N–H and O–H groups in total. The largest absolute Gasteiger partial charge is 0.491 e. The lowest BCUT2D eigenvalue weighted by Gasteiger charge is -2.35. The average molecular weight is 924 g/mol. The predicted molar refractivity (Wildman–Crippen MR) is 255 cm³/mol. The van der Waals surface area contributed by atoms with Gasteiger partial charge in [-0.2, -0.15) is 0 Å². The number of rotatable bonds is 19. The molecule has 0 spiro atoms. The van der Waals surface area contributed by atoms with Crippen molar-refractivity contribution in [3.05, 3.63) is 125 Å². The number of carbonyl (C=O) groups is 3. The summed E-state index contributed by atoms with van der Waals surface area (Å²) in [4.78, 5) is 62.2. The molecule has 16 heteroatoms. The van der Waals surface area contributed by atoms with E-state index in [0.29, 0.717) is 56.8 Å². The number of aliphatic hydroxyl groups is 1. The van der Waals surface area contributed by atoms with E-state index in [1.807, 2.05) is 81.6 Å². The quantitative estimate of drug-likeness (QED) is 0.0714. The van der Waals surface area contributed by atoms with E-state index in [4.69, 9.17) is 18.9 Å². The number of nitrogens with one attached hydrogen (secondary N) is 2. The number of thiazole rings is 1. The van der Waals surface area contributed by atoms with Crippen molar-refractivity contribution >= 4 is 50.9 Å². The molecule has 4 aromatic heterocycles. The lowest BCUT2D eigenvalue weighted by Crippen LogP contribution is -2.55. The number of ether oxygens (including phenoxy) is 4. The van der Waals surface area contributed by atoms with Crippen molar-refractivity contribution in [1.82, 2.24) is 35.1 Å². The Morgan fingerprint density at radius 3 is 2.40 bits per heavy atom. The van der Waals surface area contributed by atoms with E-state index in [-0.39, 0.29) is 43.8 Å². The molecule has 7 aromatic rings. The van der Waals surface area contributed by atoms with Crippen molar-refractivity contribution in [3.63, 3.8) is 0 Å². The van der Waals surface area contributed by atoms with E-state index < -0.39 is 24.1 Å². The zero-order chi connectivity index (χ0) is 46.4. The molecule has 0 radical (unpaired) electrons. The van der Waals surface area contributed by atoms with Crippen LogP contribution in [0.3, 0.4) is 0 Å². The van der Waals surface area contributed by atoms with Gasteiger partial charge in [0.2, 0.25) is 17.7 Å². The predicted octanol–water partition coefficient (Wildman–Crippen LogP) is 6.96. The molecule has 0 bridgehead atoms. The van der Waals surface area contributed by atoms with Crippen LogP contribution in [0.25, 0.3) is 43.4 Å². The number of likely N-dealkylation sites (tertiary alicyclic amines) is 1.